The van der Waals surface area contributed by atoms with E-state index < -0.39 is 11.4 Å². The van der Waals surface area contributed by atoms with Gasteiger partial charge in [-0.05, 0) is 42.3 Å². The Bertz CT molecular complexity index is 643. The minimum absolute atomic E-state index is 0.149. The smallest absolute Gasteiger partial charge is 0.247 e. The van der Waals surface area contributed by atoms with Gasteiger partial charge in [-0.2, -0.15) is 0 Å². The van der Waals surface area contributed by atoms with Crippen LogP contribution >= 0.6 is 15.9 Å². The van der Waals surface area contributed by atoms with Gasteiger partial charge in [0.25, 0.3) is 0 Å². The van der Waals surface area contributed by atoms with Crippen molar-refractivity contribution in [2.24, 2.45) is 5.73 Å². The number of hydrogen-bond acceptors (Lipinski definition) is 3. The lowest BCUT2D eigenvalue weighted by atomic mass is 9.86. The molecule has 2 aromatic carbocycles. The van der Waals surface area contributed by atoms with E-state index in [-0.39, 0.29) is 5.75 Å². The molecule has 2 rings (SSSR count). The predicted octanol–water partition coefficient (Wildman–Crippen LogP) is 3.36. The molecular weight excluding hydrogens is 332 g/mol. The zero-order valence-corrected chi connectivity index (χ0v) is 13.2. The van der Waals surface area contributed by atoms with Gasteiger partial charge in [-0.1, -0.05) is 41.1 Å². The van der Waals surface area contributed by atoms with E-state index in [4.69, 9.17) is 5.73 Å². The zero-order valence-electron chi connectivity index (χ0n) is 11.6. The second-order valence-electron chi connectivity index (χ2n) is 4.81. The van der Waals surface area contributed by atoms with Gasteiger partial charge in [-0.3, -0.25) is 4.79 Å². The molecule has 2 aromatic rings. The second-order valence-corrected chi connectivity index (χ2v) is 5.72. The van der Waals surface area contributed by atoms with E-state index >= 15 is 0 Å². The zero-order chi connectivity index (χ0) is 15.5. The average Bonchev–Trinajstić information content (AvgIpc) is 2.45. The Balaban J connectivity index is 2.46. The Morgan fingerprint density at radius 3 is 2.48 bits per heavy atom. The maximum Gasteiger partial charge on any atom is 0.247 e. The molecule has 1 unspecified atom stereocenters. The number of rotatable bonds is 5. The molecule has 21 heavy (non-hydrogen) atoms. The summed E-state index contributed by atoms with van der Waals surface area (Å²) in [5.41, 5.74) is 6.15. The number of carbonyl (C=O) groups is 1. The molecule has 0 spiro atoms. The summed E-state index contributed by atoms with van der Waals surface area (Å²) in [5.74, 6) is -0.314. The summed E-state index contributed by atoms with van der Waals surface area (Å²) in [6.45, 7) is 1.89. The van der Waals surface area contributed by atoms with Crippen LogP contribution in [0.15, 0.2) is 53.0 Å². The van der Waals surface area contributed by atoms with Crippen molar-refractivity contribution in [3.63, 3.8) is 0 Å². The van der Waals surface area contributed by atoms with Crippen LogP contribution in [-0.2, 0) is 10.3 Å². The fourth-order valence-corrected chi connectivity index (χ4v) is 2.70. The summed E-state index contributed by atoms with van der Waals surface area (Å²) in [6.07, 6.45) is 0.486. The number of phenols is 1. The summed E-state index contributed by atoms with van der Waals surface area (Å²) in [4.78, 5) is 12.1. The quantitative estimate of drug-likeness (QED) is 0.775. The van der Waals surface area contributed by atoms with Crippen LogP contribution in [0, 0.1) is 0 Å². The molecule has 0 aliphatic rings. The van der Waals surface area contributed by atoms with Crippen molar-refractivity contribution < 1.29 is 9.90 Å². The fourth-order valence-electron chi connectivity index (χ4n) is 2.30. The predicted molar refractivity (Wildman–Crippen MR) is 87.0 cm³/mol. The van der Waals surface area contributed by atoms with Gasteiger partial charge >= 0.3 is 0 Å². The van der Waals surface area contributed by atoms with Crippen molar-refractivity contribution in [3.8, 4) is 5.75 Å². The maximum atomic E-state index is 12.1. The number of anilines is 1. The molecule has 0 heterocycles. The summed E-state index contributed by atoms with van der Waals surface area (Å²) in [6, 6.07) is 14.0. The number of carbonyl (C=O) groups excluding carboxylic acids is 1. The topological polar surface area (TPSA) is 75.3 Å². The van der Waals surface area contributed by atoms with E-state index in [0.717, 1.165) is 15.7 Å². The van der Waals surface area contributed by atoms with Crippen LogP contribution in [-0.4, -0.2) is 11.0 Å². The van der Waals surface area contributed by atoms with Gasteiger partial charge in [0.15, 0.2) is 0 Å². The highest BCUT2D eigenvalue weighted by Gasteiger charge is 2.36. The molecular formula is C16H17BrN2O2. The van der Waals surface area contributed by atoms with Crippen LogP contribution in [0.1, 0.15) is 18.9 Å². The van der Waals surface area contributed by atoms with Gasteiger partial charge in [-0.15, -0.1) is 0 Å². The lowest BCUT2D eigenvalue weighted by molar-refractivity contribution is -0.122. The van der Waals surface area contributed by atoms with Gasteiger partial charge in [0.1, 0.15) is 11.3 Å². The third-order valence-corrected chi connectivity index (χ3v) is 3.99. The summed E-state index contributed by atoms with van der Waals surface area (Å²) in [5, 5.41) is 12.6. The molecule has 0 bridgehead atoms. The minimum atomic E-state index is -1.02. The monoisotopic (exact) mass is 348 g/mol. The van der Waals surface area contributed by atoms with E-state index in [0.29, 0.717) is 6.42 Å². The number of hydrogen-bond donors (Lipinski definition) is 3. The highest BCUT2D eigenvalue weighted by atomic mass is 79.9. The van der Waals surface area contributed by atoms with Crippen molar-refractivity contribution >= 4 is 27.5 Å². The van der Waals surface area contributed by atoms with Crippen molar-refractivity contribution in [2.45, 2.75) is 18.9 Å². The fraction of sp³-hybridized carbons (Fsp3) is 0.188. The first-order valence-electron chi connectivity index (χ1n) is 6.61. The number of benzene rings is 2. The van der Waals surface area contributed by atoms with Crippen molar-refractivity contribution in [2.75, 3.05) is 5.32 Å². The molecule has 4 nitrogen and oxygen atoms in total. The largest absolute Gasteiger partial charge is 0.508 e. The second kappa shape index (κ2) is 6.18. The molecule has 0 saturated carbocycles. The highest BCUT2D eigenvalue weighted by molar-refractivity contribution is 9.10. The first kappa shape index (κ1) is 15.4. The molecule has 1 atom stereocenters. The van der Waals surface area contributed by atoms with Crippen molar-refractivity contribution in [1.29, 1.82) is 0 Å². The minimum Gasteiger partial charge on any atom is -0.508 e. The van der Waals surface area contributed by atoms with E-state index in [1.54, 1.807) is 24.3 Å². The van der Waals surface area contributed by atoms with Crippen LogP contribution in [0.5, 0.6) is 5.75 Å². The number of amides is 1. The van der Waals surface area contributed by atoms with Gasteiger partial charge in [-0.25, -0.2) is 0 Å². The van der Waals surface area contributed by atoms with Crippen LogP contribution in [0.4, 0.5) is 5.69 Å². The van der Waals surface area contributed by atoms with E-state index in [1.807, 2.05) is 31.2 Å². The first-order valence-corrected chi connectivity index (χ1v) is 7.40. The SMILES string of the molecule is CCC(Nc1cccc(Br)c1)(C(N)=O)c1ccc(O)cc1. The molecule has 0 aromatic heterocycles. The molecule has 0 fully saturated rings. The Kier molecular flexibility index (Phi) is 4.53. The number of aromatic hydroxyl groups is 1. The van der Waals surface area contributed by atoms with Gasteiger partial charge in [0.05, 0.1) is 0 Å². The van der Waals surface area contributed by atoms with Crippen LogP contribution in [0.25, 0.3) is 0 Å². The lowest BCUT2D eigenvalue weighted by Crippen LogP contribution is -2.47. The van der Waals surface area contributed by atoms with Gasteiger partial charge < -0.3 is 16.2 Å². The Morgan fingerprint density at radius 1 is 1.29 bits per heavy atom. The molecule has 4 N–H and O–H groups in total. The van der Waals surface area contributed by atoms with Gasteiger partial charge in [0.2, 0.25) is 5.91 Å². The molecule has 0 saturated heterocycles. The van der Waals surface area contributed by atoms with E-state index in [9.17, 15) is 9.90 Å². The number of nitrogens with two attached hydrogens (primary N) is 1. The normalized spacial score (nSPS) is 13.4. The number of halogens is 1. The highest BCUT2D eigenvalue weighted by Crippen LogP contribution is 2.31. The van der Waals surface area contributed by atoms with Crippen LogP contribution in [0.3, 0.4) is 0 Å². The molecule has 5 heteroatoms. The molecule has 0 aliphatic carbocycles. The van der Waals surface area contributed by atoms with E-state index in [2.05, 4.69) is 21.2 Å². The van der Waals surface area contributed by atoms with Crippen molar-refractivity contribution in [1.82, 2.24) is 0 Å². The van der Waals surface area contributed by atoms with E-state index in [1.165, 1.54) is 0 Å². The maximum absolute atomic E-state index is 12.1. The van der Waals surface area contributed by atoms with Crippen LogP contribution in [0.2, 0.25) is 0 Å². The number of nitrogens with one attached hydrogen (secondary N) is 1. The number of phenolic OH excluding ortho intramolecular Hbond substituents is 1. The molecule has 0 radical (unpaired) electrons. The molecule has 0 aliphatic heterocycles. The van der Waals surface area contributed by atoms with Crippen molar-refractivity contribution in [3.05, 3.63) is 58.6 Å². The Hall–Kier alpha value is -2.01. The molecule has 1 amide bonds. The third kappa shape index (κ3) is 3.19. The lowest BCUT2D eigenvalue weighted by Gasteiger charge is -2.32. The Morgan fingerprint density at radius 2 is 1.95 bits per heavy atom. The molecule has 110 valence electrons. The standard InChI is InChI=1S/C16H17BrN2O2/c1-2-16(15(18)21,11-6-8-14(20)9-7-11)19-13-5-3-4-12(17)10-13/h3-10,19-20H,2H2,1H3,(H2,18,21). The van der Waals surface area contributed by atoms with Crippen LogP contribution < -0.4 is 11.1 Å². The van der Waals surface area contributed by atoms with Gasteiger partial charge in [0, 0.05) is 10.2 Å². The summed E-state index contributed by atoms with van der Waals surface area (Å²) < 4.78 is 0.910. The summed E-state index contributed by atoms with van der Waals surface area (Å²) >= 11 is 3.41. The summed E-state index contributed by atoms with van der Waals surface area (Å²) in [7, 11) is 0. The third-order valence-electron chi connectivity index (χ3n) is 3.49. The average molecular weight is 349 g/mol. The Labute approximate surface area is 132 Å². The first-order chi connectivity index (χ1) is 9.98. The number of primary amides is 1.